The van der Waals surface area contributed by atoms with Gasteiger partial charge in [0.15, 0.2) is 0 Å². The Kier molecular flexibility index (Phi) is 2.24. The number of hydrogen-bond donors (Lipinski definition) is 0. The van der Waals surface area contributed by atoms with E-state index in [4.69, 9.17) is 5.26 Å². The Morgan fingerprint density at radius 1 is 1.36 bits per heavy atom. The maximum atomic E-state index is 8.89. The lowest BCUT2D eigenvalue weighted by Gasteiger charge is -2.01. The van der Waals surface area contributed by atoms with Crippen molar-refractivity contribution < 1.29 is 0 Å². The Balaban J connectivity index is 2.58. The van der Waals surface area contributed by atoms with Crippen LogP contribution in [0.1, 0.15) is 5.56 Å². The van der Waals surface area contributed by atoms with Crippen molar-refractivity contribution in [1.29, 1.82) is 5.26 Å². The van der Waals surface area contributed by atoms with Gasteiger partial charge >= 0.3 is 0 Å². The molecule has 0 fully saturated rings. The summed E-state index contributed by atoms with van der Waals surface area (Å²) in [6.45, 7) is 0. The van der Waals surface area contributed by atoms with Gasteiger partial charge in [-0.05, 0) is 23.8 Å². The normalized spacial score (nSPS) is 9.36. The molecule has 1 heterocycles. The van der Waals surface area contributed by atoms with Crippen LogP contribution in [0.25, 0.3) is 11.1 Å². The second kappa shape index (κ2) is 3.71. The quantitative estimate of drug-likeness (QED) is 0.674. The van der Waals surface area contributed by atoms with Crippen molar-refractivity contribution >= 4 is 0 Å². The Morgan fingerprint density at radius 2 is 2.29 bits per heavy atom. The van der Waals surface area contributed by atoms with E-state index in [1.54, 1.807) is 18.5 Å². The molecule has 65 valence electrons. The molecule has 2 aromatic rings. The van der Waals surface area contributed by atoms with E-state index in [2.05, 4.69) is 17.1 Å². The number of hydrogen-bond acceptors (Lipinski definition) is 2. The van der Waals surface area contributed by atoms with Crippen LogP contribution in [0.3, 0.4) is 0 Å². The molecule has 0 aliphatic heterocycles. The molecular weight excluding hydrogens is 172 g/mol. The molecule has 0 bridgehead atoms. The fourth-order valence-corrected chi connectivity index (χ4v) is 1.28. The zero-order valence-corrected chi connectivity index (χ0v) is 7.44. The van der Waals surface area contributed by atoms with Gasteiger partial charge in [0.1, 0.15) is 0 Å². The monoisotopic (exact) mass is 179 g/mol. The van der Waals surface area contributed by atoms with E-state index < -0.39 is 0 Å². The van der Waals surface area contributed by atoms with Gasteiger partial charge in [-0.2, -0.15) is 5.26 Å². The lowest BCUT2D eigenvalue weighted by molar-refractivity contribution is 1.31. The first-order chi connectivity index (χ1) is 6.92. The Hall–Kier alpha value is -2.14. The van der Waals surface area contributed by atoms with Crippen molar-refractivity contribution in [3.63, 3.8) is 0 Å². The fourth-order valence-electron chi connectivity index (χ4n) is 1.28. The number of pyridine rings is 1. The van der Waals surface area contributed by atoms with Crippen molar-refractivity contribution in [3.8, 4) is 17.2 Å². The minimum Gasteiger partial charge on any atom is -0.264 e. The van der Waals surface area contributed by atoms with E-state index >= 15 is 0 Å². The van der Waals surface area contributed by atoms with Gasteiger partial charge in [0.25, 0.3) is 0 Å². The van der Waals surface area contributed by atoms with Crippen molar-refractivity contribution in [1.82, 2.24) is 4.98 Å². The number of rotatable bonds is 1. The number of nitrogens with zero attached hydrogens (tertiary/aromatic N) is 2. The van der Waals surface area contributed by atoms with Gasteiger partial charge in [-0.3, -0.25) is 4.98 Å². The molecule has 0 unspecified atom stereocenters. The topological polar surface area (TPSA) is 36.7 Å². The van der Waals surface area contributed by atoms with Crippen molar-refractivity contribution in [3.05, 3.63) is 54.4 Å². The first kappa shape index (κ1) is 8.46. The summed E-state index contributed by atoms with van der Waals surface area (Å²) < 4.78 is 0. The van der Waals surface area contributed by atoms with E-state index in [0.717, 1.165) is 11.1 Å². The Morgan fingerprint density at radius 3 is 3.00 bits per heavy atom. The molecule has 1 aromatic carbocycles. The minimum atomic E-state index is 0.639. The summed E-state index contributed by atoms with van der Waals surface area (Å²) in [6, 6.07) is 14.3. The number of benzene rings is 1. The van der Waals surface area contributed by atoms with Gasteiger partial charge in [0.05, 0.1) is 11.6 Å². The molecule has 0 saturated carbocycles. The second-order valence-corrected chi connectivity index (χ2v) is 2.83. The van der Waals surface area contributed by atoms with Crippen LogP contribution in [0.2, 0.25) is 0 Å². The van der Waals surface area contributed by atoms with Gasteiger partial charge in [-0.25, -0.2) is 0 Å². The van der Waals surface area contributed by atoms with E-state index in [1.807, 2.05) is 24.3 Å². The molecule has 2 nitrogen and oxygen atoms in total. The van der Waals surface area contributed by atoms with Crippen LogP contribution in [-0.2, 0) is 0 Å². The number of aromatic nitrogens is 1. The summed E-state index contributed by atoms with van der Waals surface area (Å²) in [6.07, 6.45) is 3.32. The van der Waals surface area contributed by atoms with E-state index in [1.165, 1.54) is 0 Å². The van der Waals surface area contributed by atoms with Crippen LogP contribution >= 0.6 is 0 Å². The average Bonchev–Trinajstić information content (AvgIpc) is 2.30. The zero-order valence-electron chi connectivity index (χ0n) is 7.44. The van der Waals surface area contributed by atoms with E-state index in [0.29, 0.717) is 5.56 Å². The van der Waals surface area contributed by atoms with Gasteiger partial charge < -0.3 is 0 Å². The SMILES string of the molecule is N#Cc1ccncc1-c1c[c]ccc1. The van der Waals surface area contributed by atoms with E-state index in [-0.39, 0.29) is 0 Å². The lowest BCUT2D eigenvalue weighted by Crippen LogP contribution is -1.84. The fraction of sp³-hybridized carbons (Fsp3) is 0. The van der Waals surface area contributed by atoms with Crippen LogP contribution in [0.5, 0.6) is 0 Å². The van der Waals surface area contributed by atoms with Crippen molar-refractivity contribution in [2.24, 2.45) is 0 Å². The van der Waals surface area contributed by atoms with Gasteiger partial charge in [-0.1, -0.05) is 18.2 Å². The van der Waals surface area contributed by atoms with Crippen LogP contribution in [-0.4, -0.2) is 4.98 Å². The predicted octanol–water partition coefficient (Wildman–Crippen LogP) is 2.42. The van der Waals surface area contributed by atoms with Crippen LogP contribution in [0.15, 0.2) is 42.7 Å². The minimum absolute atomic E-state index is 0.639. The smallest absolute Gasteiger partial charge is 0.0999 e. The average molecular weight is 179 g/mol. The zero-order chi connectivity index (χ0) is 9.80. The highest BCUT2D eigenvalue weighted by molar-refractivity contribution is 5.68. The summed E-state index contributed by atoms with van der Waals surface area (Å²) in [7, 11) is 0. The maximum Gasteiger partial charge on any atom is 0.0999 e. The molecule has 0 spiro atoms. The van der Waals surface area contributed by atoms with Crippen LogP contribution in [0.4, 0.5) is 0 Å². The molecule has 0 amide bonds. The molecule has 14 heavy (non-hydrogen) atoms. The third-order valence-electron chi connectivity index (χ3n) is 1.96. The standard InChI is InChI=1S/C12H7N2/c13-8-11-6-7-14-9-12(11)10-4-2-1-3-5-10/h1-2,4-7,9H. The third kappa shape index (κ3) is 1.48. The molecule has 0 aliphatic carbocycles. The third-order valence-corrected chi connectivity index (χ3v) is 1.96. The summed E-state index contributed by atoms with van der Waals surface area (Å²) in [5.74, 6) is 0. The second-order valence-electron chi connectivity index (χ2n) is 2.83. The highest BCUT2D eigenvalue weighted by atomic mass is 14.6. The first-order valence-corrected chi connectivity index (χ1v) is 4.22. The molecule has 0 atom stereocenters. The molecule has 2 heteroatoms. The van der Waals surface area contributed by atoms with Gasteiger partial charge in [0, 0.05) is 18.0 Å². The largest absolute Gasteiger partial charge is 0.264 e. The predicted molar refractivity (Wildman–Crippen MR) is 53.2 cm³/mol. The summed E-state index contributed by atoms with van der Waals surface area (Å²) >= 11 is 0. The van der Waals surface area contributed by atoms with E-state index in [9.17, 15) is 0 Å². The molecule has 1 aromatic heterocycles. The summed E-state index contributed by atoms with van der Waals surface area (Å²) in [5, 5.41) is 8.89. The molecule has 0 saturated heterocycles. The molecule has 2 rings (SSSR count). The molecular formula is C12H7N2. The van der Waals surface area contributed by atoms with Crippen LogP contribution in [0, 0.1) is 17.4 Å². The summed E-state index contributed by atoms with van der Waals surface area (Å²) in [5.41, 5.74) is 2.46. The highest BCUT2D eigenvalue weighted by Gasteiger charge is 2.02. The maximum absolute atomic E-state index is 8.89. The Labute approximate surface area is 82.5 Å². The Bertz CT molecular complexity index is 469. The van der Waals surface area contributed by atoms with Gasteiger partial charge in [-0.15, -0.1) is 0 Å². The van der Waals surface area contributed by atoms with Crippen LogP contribution < -0.4 is 0 Å². The lowest BCUT2D eigenvalue weighted by atomic mass is 10.0. The first-order valence-electron chi connectivity index (χ1n) is 4.22. The highest BCUT2D eigenvalue weighted by Crippen LogP contribution is 2.20. The van der Waals surface area contributed by atoms with Crippen molar-refractivity contribution in [2.75, 3.05) is 0 Å². The number of nitriles is 1. The van der Waals surface area contributed by atoms with Crippen molar-refractivity contribution in [2.45, 2.75) is 0 Å². The van der Waals surface area contributed by atoms with Gasteiger partial charge in [0.2, 0.25) is 0 Å². The molecule has 0 N–H and O–H groups in total. The molecule has 1 radical (unpaired) electrons. The molecule has 0 aliphatic rings. The summed E-state index contributed by atoms with van der Waals surface area (Å²) in [4.78, 5) is 4.00.